The van der Waals surface area contributed by atoms with Crippen LogP contribution < -0.4 is 5.32 Å². The first kappa shape index (κ1) is 11.8. The summed E-state index contributed by atoms with van der Waals surface area (Å²) >= 11 is 3.40. The van der Waals surface area contributed by atoms with Crippen LogP contribution in [-0.4, -0.2) is 11.7 Å². The van der Waals surface area contributed by atoms with Crippen LogP contribution in [-0.2, 0) is 0 Å². The predicted molar refractivity (Wildman–Crippen MR) is 63.0 cm³/mol. The number of hydrogen-bond acceptors (Lipinski definition) is 2. The van der Waals surface area contributed by atoms with Crippen molar-refractivity contribution in [1.82, 2.24) is 5.32 Å². The minimum atomic E-state index is 0. The molecular weight excluding hydrogens is 265 g/mol. The molecular formula is C10H13BrClNO. The second-order valence-electron chi connectivity index (χ2n) is 3.35. The maximum atomic E-state index is 9.63. The zero-order valence-corrected chi connectivity index (χ0v) is 10.1. The number of rotatable bonds is 1. The van der Waals surface area contributed by atoms with E-state index in [1.54, 1.807) is 6.07 Å². The Hall–Kier alpha value is -0.250. The number of hydrogen-bond donors (Lipinski definition) is 2. The molecule has 0 radical (unpaired) electrons. The van der Waals surface area contributed by atoms with E-state index in [0.29, 0.717) is 11.8 Å². The van der Waals surface area contributed by atoms with Crippen LogP contribution in [0.5, 0.6) is 5.75 Å². The van der Waals surface area contributed by atoms with Crippen molar-refractivity contribution in [1.29, 1.82) is 0 Å². The Morgan fingerprint density at radius 3 is 2.86 bits per heavy atom. The molecule has 2 nitrogen and oxygen atoms in total. The molecule has 14 heavy (non-hydrogen) atoms. The summed E-state index contributed by atoms with van der Waals surface area (Å²) < 4.78 is 1.02. The first-order valence-electron chi connectivity index (χ1n) is 4.49. The van der Waals surface area contributed by atoms with Gasteiger partial charge in [-0.25, -0.2) is 0 Å². The minimum absolute atomic E-state index is 0. The molecule has 0 spiro atoms. The Kier molecular flexibility index (Phi) is 4.23. The maximum Gasteiger partial charge on any atom is 0.120 e. The largest absolute Gasteiger partial charge is 0.508 e. The Balaban J connectivity index is 0.000000980. The molecule has 1 fully saturated rings. The van der Waals surface area contributed by atoms with Gasteiger partial charge in [-0.2, -0.15) is 0 Å². The van der Waals surface area contributed by atoms with Crippen molar-refractivity contribution >= 4 is 28.3 Å². The molecule has 1 aliphatic rings. The van der Waals surface area contributed by atoms with E-state index >= 15 is 0 Å². The summed E-state index contributed by atoms with van der Waals surface area (Å²) in [5.41, 5.74) is 1.01. The fourth-order valence-corrected chi connectivity index (χ4v) is 2.13. The van der Waals surface area contributed by atoms with E-state index in [0.717, 1.165) is 23.0 Å². The quantitative estimate of drug-likeness (QED) is 0.828. The normalized spacial score (nSPS) is 20.5. The molecule has 2 rings (SSSR count). The van der Waals surface area contributed by atoms with Crippen molar-refractivity contribution < 1.29 is 5.11 Å². The maximum absolute atomic E-state index is 9.63. The lowest BCUT2D eigenvalue weighted by Gasteiger charge is -2.12. The van der Waals surface area contributed by atoms with Gasteiger partial charge in [0, 0.05) is 16.1 Å². The van der Waals surface area contributed by atoms with E-state index < -0.39 is 0 Å². The number of phenolic OH excluding ortho intramolecular Hbond substituents is 1. The predicted octanol–water partition coefficient (Wildman–Crippen LogP) is 3.00. The lowest BCUT2D eigenvalue weighted by molar-refractivity contribution is 0.457. The summed E-state index contributed by atoms with van der Waals surface area (Å²) in [7, 11) is 0. The van der Waals surface area contributed by atoms with Crippen LogP contribution in [0.2, 0.25) is 0 Å². The second kappa shape index (κ2) is 5.01. The number of halogens is 2. The summed E-state index contributed by atoms with van der Waals surface area (Å²) in [5.74, 6) is 0.391. The second-order valence-corrected chi connectivity index (χ2v) is 4.27. The molecule has 1 aromatic carbocycles. The molecule has 0 aromatic heterocycles. The van der Waals surface area contributed by atoms with Gasteiger partial charge in [0.25, 0.3) is 0 Å². The van der Waals surface area contributed by atoms with Gasteiger partial charge in [0.2, 0.25) is 0 Å². The number of phenols is 1. The van der Waals surface area contributed by atoms with E-state index in [4.69, 9.17) is 0 Å². The van der Waals surface area contributed by atoms with Gasteiger partial charge in [-0.1, -0.05) is 15.9 Å². The number of aromatic hydroxyl groups is 1. The standard InChI is InChI=1S/C10H12BrNO.ClH/c11-7-3-4-10(13)8(6-7)9-2-1-5-12-9;/h3-4,6,9,12-13H,1-2,5H2;1H/t9-;/m1./s1. The molecule has 1 atom stereocenters. The highest BCUT2D eigenvalue weighted by Gasteiger charge is 2.18. The van der Waals surface area contributed by atoms with Crippen LogP contribution in [0.25, 0.3) is 0 Å². The highest BCUT2D eigenvalue weighted by atomic mass is 79.9. The van der Waals surface area contributed by atoms with Gasteiger partial charge in [0.15, 0.2) is 0 Å². The zero-order valence-electron chi connectivity index (χ0n) is 7.66. The first-order valence-corrected chi connectivity index (χ1v) is 5.28. The molecule has 0 amide bonds. The summed E-state index contributed by atoms with van der Waals surface area (Å²) in [5, 5.41) is 13.0. The highest BCUT2D eigenvalue weighted by Crippen LogP contribution is 2.31. The fraction of sp³-hybridized carbons (Fsp3) is 0.400. The van der Waals surface area contributed by atoms with Crippen molar-refractivity contribution in [2.75, 3.05) is 6.54 Å². The summed E-state index contributed by atoms with van der Waals surface area (Å²) in [6.07, 6.45) is 2.31. The molecule has 1 heterocycles. The summed E-state index contributed by atoms with van der Waals surface area (Å²) in [4.78, 5) is 0. The van der Waals surface area contributed by atoms with Gasteiger partial charge < -0.3 is 10.4 Å². The summed E-state index contributed by atoms with van der Waals surface area (Å²) in [6.45, 7) is 1.05. The zero-order chi connectivity index (χ0) is 9.26. The van der Waals surface area contributed by atoms with Crippen LogP contribution in [0.3, 0.4) is 0 Å². The fourth-order valence-electron chi connectivity index (χ4n) is 1.75. The monoisotopic (exact) mass is 277 g/mol. The topological polar surface area (TPSA) is 32.3 Å². The van der Waals surface area contributed by atoms with Crippen LogP contribution in [0.4, 0.5) is 0 Å². The lowest BCUT2D eigenvalue weighted by Crippen LogP contribution is -2.12. The third-order valence-electron chi connectivity index (χ3n) is 2.43. The average molecular weight is 279 g/mol. The SMILES string of the molecule is Cl.Oc1ccc(Br)cc1[C@H]1CCCN1. The average Bonchev–Trinajstić information content (AvgIpc) is 2.61. The summed E-state index contributed by atoms with van der Waals surface area (Å²) in [6, 6.07) is 5.91. The number of benzene rings is 1. The van der Waals surface area contributed by atoms with Gasteiger partial charge >= 0.3 is 0 Å². The van der Waals surface area contributed by atoms with Crippen molar-refractivity contribution in [3.05, 3.63) is 28.2 Å². The molecule has 4 heteroatoms. The third kappa shape index (κ3) is 2.41. The molecule has 0 aliphatic carbocycles. The molecule has 1 saturated heterocycles. The van der Waals surface area contributed by atoms with Gasteiger partial charge in [0.05, 0.1) is 0 Å². The Morgan fingerprint density at radius 2 is 2.21 bits per heavy atom. The lowest BCUT2D eigenvalue weighted by atomic mass is 10.0. The van der Waals surface area contributed by atoms with Crippen molar-refractivity contribution in [2.45, 2.75) is 18.9 Å². The van der Waals surface area contributed by atoms with E-state index in [-0.39, 0.29) is 12.4 Å². The van der Waals surface area contributed by atoms with E-state index in [2.05, 4.69) is 21.2 Å². The molecule has 78 valence electrons. The van der Waals surface area contributed by atoms with Crippen molar-refractivity contribution in [3.8, 4) is 5.75 Å². The third-order valence-corrected chi connectivity index (χ3v) is 2.92. The van der Waals surface area contributed by atoms with Crippen LogP contribution >= 0.6 is 28.3 Å². The molecule has 1 aliphatic heterocycles. The van der Waals surface area contributed by atoms with E-state index in [9.17, 15) is 5.11 Å². The van der Waals surface area contributed by atoms with E-state index in [1.165, 1.54) is 6.42 Å². The Labute approximate surface area is 98.3 Å². The van der Waals surface area contributed by atoms with Crippen LogP contribution in [0.15, 0.2) is 22.7 Å². The van der Waals surface area contributed by atoms with Gasteiger partial charge in [0.1, 0.15) is 5.75 Å². The van der Waals surface area contributed by atoms with E-state index in [1.807, 2.05) is 12.1 Å². The molecule has 1 aromatic rings. The highest BCUT2D eigenvalue weighted by molar-refractivity contribution is 9.10. The van der Waals surface area contributed by atoms with Crippen LogP contribution in [0.1, 0.15) is 24.4 Å². The van der Waals surface area contributed by atoms with Crippen molar-refractivity contribution in [3.63, 3.8) is 0 Å². The minimum Gasteiger partial charge on any atom is -0.508 e. The molecule has 0 unspecified atom stereocenters. The Morgan fingerprint density at radius 1 is 1.43 bits per heavy atom. The molecule has 2 N–H and O–H groups in total. The molecule has 0 saturated carbocycles. The smallest absolute Gasteiger partial charge is 0.120 e. The first-order chi connectivity index (χ1) is 6.27. The van der Waals surface area contributed by atoms with Crippen molar-refractivity contribution in [2.24, 2.45) is 0 Å². The number of nitrogens with one attached hydrogen (secondary N) is 1. The van der Waals surface area contributed by atoms with Crippen LogP contribution in [0, 0.1) is 0 Å². The Bertz CT molecular complexity index is 313. The van der Waals surface area contributed by atoms with Gasteiger partial charge in [-0.3, -0.25) is 0 Å². The van der Waals surface area contributed by atoms with Gasteiger partial charge in [-0.05, 0) is 37.6 Å². The molecule has 0 bridgehead atoms. The van der Waals surface area contributed by atoms with Gasteiger partial charge in [-0.15, -0.1) is 12.4 Å².